The van der Waals surface area contributed by atoms with Crippen LogP contribution in [-0.2, 0) is 13.0 Å². The molecule has 0 aliphatic rings. The molecule has 0 bridgehead atoms. The fourth-order valence-electron chi connectivity index (χ4n) is 1.86. The minimum Gasteiger partial charge on any atom is -0.488 e. The van der Waals surface area contributed by atoms with Crippen LogP contribution in [0.2, 0.25) is 0 Å². The quantitative estimate of drug-likeness (QED) is 0.894. The van der Waals surface area contributed by atoms with Gasteiger partial charge >= 0.3 is 5.97 Å². The third kappa shape index (κ3) is 2.96. The number of rotatable bonds is 5. The number of carbonyl (C=O) groups is 1. The molecule has 0 saturated carbocycles. The summed E-state index contributed by atoms with van der Waals surface area (Å²) in [4.78, 5) is 10.8. The molecule has 0 fully saturated rings. The highest BCUT2D eigenvalue weighted by Crippen LogP contribution is 2.22. The van der Waals surface area contributed by atoms with E-state index in [2.05, 4.69) is 6.92 Å². The SMILES string of the molecule is CCc1ccccc1OCc1cc(C(=O)O)oc1C. The van der Waals surface area contributed by atoms with Crippen molar-refractivity contribution in [3.63, 3.8) is 0 Å². The average molecular weight is 260 g/mol. The van der Waals surface area contributed by atoms with Crippen molar-refractivity contribution >= 4 is 5.97 Å². The lowest BCUT2D eigenvalue weighted by Crippen LogP contribution is -1.98. The Labute approximate surface area is 111 Å². The summed E-state index contributed by atoms with van der Waals surface area (Å²) in [7, 11) is 0. The van der Waals surface area contributed by atoms with Crippen LogP contribution in [-0.4, -0.2) is 11.1 Å². The highest BCUT2D eigenvalue weighted by molar-refractivity contribution is 5.84. The first-order valence-corrected chi connectivity index (χ1v) is 6.15. The summed E-state index contributed by atoms with van der Waals surface area (Å²) in [6, 6.07) is 9.32. The fraction of sp³-hybridized carbons (Fsp3) is 0.267. The third-order valence-electron chi connectivity index (χ3n) is 2.97. The molecule has 0 amide bonds. The number of ether oxygens (including phenoxy) is 1. The predicted octanol–water partition coefficient (Wildman–Crippen LogP) is 3.43. The smallest absolute Gasteiger partial charge is 0.371 e. The van der Waals surface area contributed by atoms with Gasteiger partial charge in [-0.3, -0.25) is 0 Å². The number of para-hydroxylation sites is 1. The van der Waals surface area contributed by atoms with E-state index in [0.29, 0.717) is 12.4 Å². The molecule has 1 N–H and O–H groups in total. The highest BCUT2D eigenvalue weighted by atomic mass is 16.5. The van der Waals surface area contributed by atoms with Crippen molar-refractivity contribution in [2.45, 2.75) is 26.9 Å². The van der Waals surface area contributed by atoms with E-state index in [-0.39, 0.29) is 5.76 Å². The molecule has 2 aromatic rings. The molecule has 1 aromatic heterocycles. The largest absolute Gasteiger partial charge is 0.488 e. The van der Waals surface area contributed by atoms with E-state index < -0.39 is 5.97 Å². The van der Waals surface area contributed by atoms with E-state index in [9.17, 15) is 4.79 Å². The first-order chi connectivity index (χ1) is 9.11. The van der Waals surface area contributed by atoms with Gasteiger partial charge in [-0.15, -0.1) is 0 Å². The number of hydrogen-bond acceptors (Lipinski definition) is 3. The number of benzene rings is 1. The van der Waals surface area contributed by atoms with Crippen LogP contribution in [0.4, 0.5) is 0 Å². The Morgan fingerprint density at radius 3 is 2.68 bits per heavy atom. The Morgan fingerprint density at radius 2 is 2.05 bits per heavy atom. The number of furan rings is 1. The Bertz CT molecular complexity index is 584. The Balaban J connectivity index is 2.12. The van der Waals surface area contributed by atoms with Crippen molar-refractivity contribution in [3.8, 4) is 5.75 Å². The van der Waals surface area contributed by atoms with Gasteiger partial charge in [0.2, 0.25) is 5.76 Å². The van der Waals surface area contributed by atoms with Crippen molar-refractivity contribution in [2.24, 2.45) is 0 Å². The Hall–Kier alpha value is -2.23. The fourth-order valence-corrected chi connectivity index (χ4v) is 1.86. The van der Waals surface area contributed by atoms with Crippen molar-refractivity contribution in [2.75, 3.05) is 0 Å². The first-order valence-electron chi connectivity index (χ1n) is 6.15. The van der Waals surface area contributed by atoms with Crippen LogP contribution >= 0.6 is 0 Å². The monoisotopic (exact) mass is 260 g/mol. The minimum absolute atomic E-state index is 0.0557. The van der Waals surface area contributed by atoms with Crippen LogP contribution in [0.5, 0.6) is 5.75 Å². The summed E-state index contributed by atoms with van der Waals surface area (Å²) in [5.74, 6) is 0.275. The van der Waals surface area contributed by atoms with Gasteiger partial charge in [-0.2, -0.15) is 0 Å². The van der Waals surface area contributed by atoms with E-state index in [1.165, 1.54) is 6.07 Å². The highest BCUT2D eigenvalue weighted by Gasteiger charge is 2.13. The van der Waals surface area contributed by atoms with Gasteiger partial charge in [-0.1, -0.05) is 25.1 Å². The van der Waals surface area contributed by atoms with Gasteiger partial charge in [0.25, 0.3) is 0 Å². The zero-order valence-electron chi connectivity index (χ0n) is 11.0. The molecule has 0 aliphatic carbocycles. The van der Waals surface area contributed by atoms with Crippen molar-refractivity contribution in [3.05, 3.63) is 53.0 Å². The summed E-state index contributed by atoms with van der Waals surface area (Å²) >= 11 is 0. The molecule has 2 rings (SSSR count). The molecule has 1 heterocycles. The maximum atomic E-state index is 10.8. The first kappa shape index (κ1) is 13.2. The Morgan fingerprint density at radius 1 is 1.32 bits per heavy atom. The molecule has 0 saturated heterocycles. The summed E-state index contributed by atoms with van der Waals surface area (Å²) in [6.07, 6.45) is 0.890. The van der Waals surface area contributed by atoms with Gasteiger partial charge in [0.05, 0.1) is 0 Å². The molecule has 100 valence electrons. The van der Waals surface area contributed by atoms with Gasteiger partial charge in [0, 0.05) is 5.56 Å². The molecule has 0 atom stereocenters. The molecule has 4 nitrogen and oxygen atoms in total. The third-order valence-corrected chi connectivity index (χ3v) is 2.97. The topological polar surface area (TPSA) is 59.7 Å². The number of carboxylic acid groups (broad SMARTS) is 1. The van der Waals surface area contributed by atoms with E-state index in [1.54, 1.807) is 6.92 Å². The van der Waals surface area contributed by atoms with E-state index in [4.69, 9.17) is 14.3 Å². The molecule has 0 aliphatic heterocycles. The summed E-state index contributed by atoms with van der Waals surface area (Å²) in [5, 5.41) is 8.86. The molecular weight excluding hydrogens is 244 g/mol. The average Bonchev–Trinajstić information content (AvgIpc) is 2.78. The van der Waals surface area contributed by atoms with E-state index >= 15 is 0 Å². The zero-order chi connectivity index (χ0) is 13.8. The van der Waals surface area contributed by atoms with Gasteiger partial charge in [-0.05, 0) is 31.0 Å². The van der Waals surface area contributed by atoms with Crippen molar-refractivity contribution in [1.29, 1.82) is 0 Å². The lowest BCUT2D eigenvalue weighted by molar-refractivity contribution is 0.0661. The summed E-state index contributed by atoms with van der Waals surface area (Å²) in [6.45, 7) is 4.10. The maximum absolute atomic E-state index is 10.8. The summed E-state index contributed by atoms with van der Waals surface area (Å²) < 4.78 is 10.9. The van der Waals surface area contributed by atoms with Gasteiger partial charge < -0.3 is 14.3 Å². The molecule has 19 heavy (non-hydrogen) atoms. The van der Waals surface area contributed by atoms with Gasteiger partial charge in [-0.25, -0.2) is 4.79 Å². The van der Waals surface area contributed by atoms with Crippen LogP contribution in [0.15, 0.2) is 34.7 Å². The summed E-state index contributed by atoms with van der Waals surface area (Å²) in [5.41, 5.74) is 1.88. The second kappa shape index (κ2) is 5.61. The van der Waals surface area contributed by atoms with Gasteiger partial charge in [0.1, 0.15) is 18.1 Å². The molecule has 0 unspecified atom stereocenters. The van der Waals surface area contributed by atoms with Crippen LogP contribution in [0.25, 0.3) is 0 Å². The second-order valence-electron chi connectivity index (χ2n) is 4.25. The van der Waals surface area contributed by atoms with Crippen molar-refractivity contribution in [1.82, 2.24) is 0 Å². The second-order valence-corrected chi connectivity index (χ2v) is 4.25. The minimum atomic E-state index is -1.07. The molecule has 1 aromatic carbocycles. The zero-order valence-corrected chi connectivity index (χ0v) is 11.0. The molecule has 4 heteroatoms. The van der Waals surface area contributed by atoms with Gasteiger partial charge in [0.15, 0.2) is 0 Å². The number of aromatic carboxylic acids is 1. The normalized spacial score (nSPS) is 10.4. The van der Waals surface area contributed by atoms with E-state index in [0.717, 1.165) is 23.3 Å². The molecule has 0 radical (unpaired) electrons. The van der Waals surface area contributed by atoms with Crippen LogP contribution in [0.1, 0.15) is 34.4 Å². The maximum Gasteiger partial charge on any atom is 0.371 e. The Kier molecular flexibility index (Phi) is 3.90. The molecule has 0 spiro atoms. The predicted molar refractivity (Wildman–Crippen MR) is 70.6 cm³/mol. The van der Waals surface area contributed by atoms with Crippen LogP contribution < -0.4 is 4.74 Å². The van der Waals surface area contributed by atoms with Crippen LogP contribution in [0.3, 0.4) is 0 Å². The number of aryl methyl sites for hydroxylation is 2. The number of carboxylic acids is 1. The molecular formula is C15H16O4. The van der Waals surface area contributed by atoms with Crippen molar-refractivity contribution < 1.29 is 19.1 Å². The lowest BCUT2D eigenvalue weighted by atomic mass is 10.1. The lowest BCUT2D eigenvalue weighted by Gasteiger charge is -2.09. The van der Waals surface area contributed by atoms with Crippen LogP contribution in [0, 0.1) is 6.92 Å². The number of hydrogen-bond donors (Lipinski definition) is 1. The standard InChI is InChI=1S/C15H16O4/c1-3-11-6-4-5-7-13(11)18-9-12-8-14(15(16)17)19-10(12)2/h4-8H,3,9H2,1-2H3,(H,16,17). The van der Waals surface area contributed by atoms with E-state index in [1.807, 2.05) is 24.3 Å².